The third kappa shape index (κ3) is 4.35. The Balaban J connectivity index is 2.72. The summed E-state index contributed by atoms with van der Waals surface area (Å²) in [6.07, 6.45) is 0.554. The van der Waals surface area contributed by atoms with Crippen molar-refractivity contribution in [2.24, 2.45) is 0 Å². The molecule has 1 amide bonds. The molecule has 5 nitrogen and oxygen atoms in total. The highest BCUT2D eigenvalue weighted by Crippen LogP contribution is 2.23. The maximum atomic E-state index is 13.3. The molecular weight excluding hydrogens is 241 g/mol. The molecule has 0 saturated carbocycles. The summed E-state index contributed by atoms with van der Waals surface area (Å²) in [5, 5.41) is 8.54. The minimum absolute atomic E-state index is 0.0659. The van der Waals surface area contributed by atoms with Crippen molar-refractivity contribution >= 4 is 12.1 Å². The van der Waals surface area contributed by atoms with Gasteiger partial charge in [0.15, 0.2) is 0 Å². The van der Waals surface area contributed by atoms with E-state index in [-0.39, 0.29) is 13.0 Å². The third-order valence-electron chi connectivity index (χ3n) is 2.38. The fourth-order valence-electron chi connectivity index (χ4n) is 1.72. The second-order valence-electron chi connectivity index (χ2n) is 5.23. The van der Waals surface area contributed by atoms with E-state index in [1.807, 2.05) is 0 Å². The lowest BCUT2D eigenvalue weighted by atomic mass is 10.2. The third-order valence-corrected chi connectivity index (χ3v) is 2.38. The van der Waals surface area contributed by atoms with Crippen molar-refractivity contribution in [1.29, 1.82) is 0 Å². The van der Waals surface area contributed by atoms with Crippen LogP contribution in [0.4, 0.5) is 9.18 Å². The average Bonchev–Trinajstić information content (AvgIpc) is 2.54. The predicted octanol–water partition coefficient (Wildman–Crippen LogP) is 1.97. The number of amides is 1. The van der Waals surface area contributed by atoms with Gasteiger partial charge in [0, 0.05) is 12.5 Å². The first-order chi connectivity index (χ1) is 8.19. The van der Waals surface area contributed by atoms with Gasteiger partial charge in [0.2, 0.25) is 0 Å². The molecule has 0 aromatic rings. The van der Waals surface area contributed by atoms with Crippen LogP contribution in [0.2, 0.25) is 0 Å². The first-order valence-electron chi connectivity index (χ1n) is 5.74. The van der Waals surface area contributed by atoms with Crippen molar-refractivity contribution in [3.63, 3.8) is 0 Å². The number of halogens is 1. The van der Waals surface area contributed by atoms with E-state index < -0.39 is 29.9 Å². The second kappa shape index (κ2) is 5.37. The van der Waals surface area contributed by atoms with Crippen molar-refractivity contribution in [2.45, 2.75) is 45.0 Å². The molecule has 2 unspecified atom stereocenters. The van der Waals surface area contributed by atoms with E-state index in [1.165, 1.54) is 11.0 Å². The van der Waals surface area contributed by atoms with Gasteiger partial charge in [-0.25, -0.2) is 14.0 Å². The number of carboxylic acid groups (broad SMARTS) is 1. The lowest BCUT2D eigenvalue weighted by Gasteiger charge is -2.27. The quantitative estimate of drug-likeness (QED) is 0.770. The van der Waals surface area contributed by atoms with E-state index in [4.69, 9.17) is 9.84 Å². The van der Waals surface area contributed by atoms with Crippen molar-refractivity contribution in [3.05, 3.63) is 12.2 Å². The number of alkyl halides is 1. The van der Waals surface area contributed by atoms with E-state index in [0.29, 0.717) is 0 Å². The van der Waals surface area contributed by atoms with E-state index in [0.717, 1.165) is 6.08 Å². The van der Waals surface area contributed by atoms with E-state index in [1.54, 1.807) is 20.8 Å². The van der Waals surface area contributed by atoms with Gasteiger partial charge >= 0.3 is 12.1 Å². The second-order valence-corrected chi connectivity index (χ2v) is 5.23. The largest absolute Gasteiger partial charge is 0.478 e. The summed E-state index contributed by atoms with van der Waals surface area (Å²) in [7, 11) is 0. The van der Waals surface area contributed by atoms with Crippen molar-refractivity contribution in [1.82, 2.24) is 4.90 Å². The molecule has 1 saturated heterocycles. The molecule has 0 radical (unpaired) electrons. The zero-order valence-electron chi connectivity index (χ0n) is 10.7. The summed E-state index contributed by atoms with van der Waals surface area (Å²) in [4.78, 5) is 23.5. The Hall–Kier alpha value is -1.59. The van der Waals surface area contributed by atoms with Crippen LogP contribution in [-0.2, 0) is 9.53 Å². The van der Waals surface area contributed by atoms with Gasteiger partial charge in [-0.05, 0) is 20.8 Å². The van der Waals surface area contributed by atoms with Crippen molar-refractivity contribution in [2.75, 3.05) is 6.54 Å². The average molecular weight is 259 g/mol. The van der Waals surface area contributed by atoms with Crippen LogP contribution in [-0.4, -0.2) is 46.4 Å². The Labute approximate surface area is 105 Å². The molecule has 1 aliphatic heterocycles. The molecule has 1 aliphatic rings. The minimum atomic E-state index is -1.15. The minimum Gasteiger partial charge on any atom is -0.478 e. The van der Waals surface area contributed by atoms with Crippen LogP contribution in [0.5, 0.6) is 0 Å². The molecule has 0 aromatic carbocycles. The van der Waals surface area contributed by atoms with E-state index in [2.05, 4.69) is 0 Å². The Morgan fingerprint density at radius 3 is 2.56 bits per heavy atom. The van der Waals surface area contributed by atoms with E-state index in [9.17, 15) is 14.0 Å². The van der Waals surface area contributed by atoms with Crippen molar-refractivity contribution in [3.8, 4) is 0 Å². The Bertz CT molecular complexity index is 362. The van der Waals surface area contributed by atoms with E-state index >= 15 is 0 Å². The molecule has 6 heteroatoms. The maximum Gasteiger partial charge on any atom is 0.410 e. The summed E-state index contributed by atoms with van der Waals surface area (Å²) >= 11 is 0. The number of rotatable bonds is 2. The molecule has 102 valence electrons. The lowest BCUT2D eigenvalue weighted by molar-refractivity contribution is -0.131. The van der Waals surface area contributed by atoms with Gasteiger partial charge in [0.05, 0.1) is 12.6 Å². The highest BCUT2D eigenvalue weighted by molar-refractivity contribution is 5.80. The summed E-state index contributed by atoms with van der Waals surface area (Å²) in [5.74, 6) is -1.12. The number of ether oxygens (including phenoxy) is 1. The summed E-state index contributed by atoms with van der Waals surface area (Å²) in [6.45, 7) is 5.09. The number of carboxylic acids is 1. The number of hydrogen-bond acceptors (Lipinski definition) is 3. The summed E-state index contributed by atoms with van der Waals surface area (Å²) < 4.78 is 18.5. The van der Waals surface area contributed by atoms with Crippen LogP contribution in [0.3, 0.4) is 0 Å². The number of carbonyl (C=O) groups excluding carboxylic acids is 1. The molecule has 18 heavy (non-hydrogen) atoms. The highest BCUT2D eigenvalue weighted by Gasteiger charge is 2.36. The fraction of sp³-hybridized carbons (Fsp3) is 0.667. The number of hydrogen-bond donors (Lipinski definition) is 1. The normalized spacial score (nSPS) is 24.6. The van der Waals surface area contributed by atoms with Gasteiger partial charge in [-0.1, -0.05) is 6.08 Å². The molecule has 0 aromatic heterocycles. The summed E-state index contributed by atoms with van der Waals surface area (Å²) in [5.41, 5.74) is -0.660. The van der Waals surface area contributed by atoms with Crippen LogP contribution in [0.15, 0.2) is 12.2 Å². The number of carbonyl (C=O) groups is 2. The molecule has 0 spiro atoms. The SMILES string of the molecule is CC(C)(C)OC(=O)N1CC(F)CC1C=CC(=O)O. The highest BCUT2D eigenvalue weighted by atomic mass is 19.1. The van der Waals surface area contributed by atoms with Gasteiger partial charge in [-0.2, -0.15) is 0 Å². The standard InChI is InChI=1S/C12H18FNO4/c1-12(2,3)18-11(17)14-7-8(13)6-9(14)4-5-10(15)16/h4-5,8-9H,6-7H2,1-3H3,(H,15,16). The number of nitrogens with zero attached hydrogens (tertiary/aromatic N) is 1. The van der Waals surface area contributed by atoms with Crippen LogP contribution in [0.25, 0.3) is 0 Å². The summed E-state index contributed by atoms with van der Waals surface area (Å²) in [6, 6.07) is -0.564. The smallest absolute Gasteiger partial charge is 0.410 e. The molecule has 1 heterocycles. The van der Waals surface area contributed by atoms with Gasteiger partial charge < -0.3 is 9.84 Å². The number of aliphatic carboxylic acids is 1. The topological polar surface area (TPSA) is 66.8 Å². The zero-order valence-corrected chi connectivity index (χ0v) is 10.7. The Kier molecular flexibility index (Phi) is 4.32. The van der Waals surface area contributed by atoms with Gasteiger partial charge in [-0.15, -0.1) is 0 Å². The van der Waals surface area contributed by atoms with Crippen LogP contribution >= 0.6 is 0 Å². The first kappa shape index (κ1) is 14.5. The molecule has 0 bridgehead atoms. The Morgan fingerprint density at radius 1 is 1.44 bits per heavy atom. The van der Waals surface area contributed by atoms with Gasteiger partial charge in [0.1, 0.15) is 11.8 Å². The number of likely N-dealkylation sites (tertiary alicyclic amines) is 1. The molecule has 2 atom stereocenters. The monoisotopic (exact) mass is 259 g/mol. The molecule has 1 rings (SSSR count). The molecular formula is C12H18FNO4. The fourth-order valence-corrected chi connectivity index (χ4v) is 1.72. The maximum absolute atomic E-state index is 13.3. The first-order valence-corrected chi connectivity index (χ1v) is 5.74. The van der Waals surface area contributed by atoms with Gasteiger partial charge in [0.25, 0.3) is 0 Å². The van der Waals surface area contributed by atoms with Crippen LogP contribution in [0.1, 0.15) is 27.2 Å². The lowest BCUT2D eigenvalue weighted by Crippen LogP contribution is -2.39. The van der Waals surface area contributed by atoms with Crippen LogP contribution in [0, 0.1) is 0 Å². The Morgan fingerprint density at radius 2 is 2.06 bits per heavy atom. The van der Waals surface area contributed by atoms with Crippen molar-refractivity contribution < 1.29 is 23.8 Å². The zero-order chi connectivity index (χ0) is 13.9. The predicted molar refractivity (Wildman–Crippen MR) is 63.0 cm³/mol. The molecule has 1 N–H and O–H groups in total. The van der Waals surface area contributed by atoms with Crippen LogP contribution < -0.4 is 0 Å². The molecule has 1 fully saturated rings. The van der Waals surface area contributed by atoms with Gasteiger partial charge in [-0.3, -0.25) is 4.90 Å². The molecule has 0 aliphatic carbocycles.